The van der Waals surface area contributed by atoms with E-state index in [-0.39, 0.29) is 18.1 Å². The van der Waals surface area contributed by atoms with Crippen LogP contribution in [-0.2, 0) is 11.2 Å². The summed E-state index contributed by atoms with van der Waals surface area (Å²) in [5.74, 6) is 0.834. The van der Waals surface area contributed by atoms with Crippen LogP contribution in [0.5, 0.6) is 5.75 Å². The first-order chi connectivity index (χ1) is 12.6. The molecule has 0 aliphatic rings. The largest absolute Gasteiger partial charge is 0.493 e. The Labute approximate surface area is 154 Å². The van der Waals surface area contributed by atoms with E-state index in [1.54, 1.807) is 36.5 Å². The monoisotopic (exact) mass is 374 g/mol. The first-order valence-corrected chi connectivity index (χ1v) is 8.27. The van der Waals surface area contributed by atoms with Crippen LogP contribution in [0.4, 0.5) is 10.1 Å². The number of aromatic nitrogens is 1. The van der Waals surface area contributed by atoms with Gasteiger partial charge in [-0.05, 0) is 36.4 Å². The molecule has 0 bridgehead atoms. The van der Waals surface area contributed by atoms with E-state index in [1.807, 2.05) is 0 Å². The van der Waals surface area contributed by atoms with Crippen molar-refractivity contribution in [2.75, 3.05) is 12.4 Å². The van der Waals surface area contributed by atoms with Gasteiger partial charge >= 0.3 is 0 Å². The smallest absolute Gasteiger partial charge is 0.224 e. The summed E-state index contributed by atoms with van der Waals surface area (Å²) in [5.41, 5.74) is 1.22. The fourth-order valence-electron chi connectivity index (χ4n) is 2.42. The standard InChI is InChI=1S/C19H16ClFN2O3/c1-25-19-14(20)3-2-4-15(19)23-17(24)9-10-18-22-11-16(26-18)12-5-7-13(21)8-6-12/h2-8,11H,9-10H2,1H3,(H,23,24). The van der Waals surface area contributed by atoms with Gasteiger partial charge in [-0.2, -0.15) is 0 Å². The van der Waals surface area contributed by atoms with Crippen LogP contribution >= 0.6 is 11.6 Å². The third-order valence-corrected chi connectivity index (χ3v) is 3.99. The molecule has 3 rings (SSSR count). The van der Waals surface area contributed by atoms with E-state index in [9.17, 15) is 9.18 Å². The molecule has 0 saturated carbocycles. The van der Waals surface area contributed by atoms with Crippen LogP contribution in [0.1, 0.15) is 12.3 Å². The van der Waals surface area contributed by atoms with E-state index in [4.69, 9.17) is 20.8 Å². The molecular formula is C19H16ClFN2O3. The third-order valence-electron chi connectivity index (χ3n) is 3.69. The van der Waals surface area contributed by atoms with Crippen molar-refractivity contribution in [3.8, 4) is 17.1 Å². The van der Waals surface area contributed by atoms with Gasteiger partial charge in [0.05, 0.1) is 24.0 Å². The van der Waals surface area contributed by atoms with Crippen LogP contribution in [0.25, 0.3) is 11.3 Å². The lowest BCUT2D eigenvalue weighted by molar-refractivity contribution is -0.116. The lowest BCUT2D eigenvalue weighted by atomic mass is 10.2. The summed E-state index contributed by atoms with van der Waals surface area (Å²) in [5, 5.41) is 3.18. The van der Waals surface area contributed by atoms with E-state index in [0.717, 1.165) is 5.56 Å². The van der Waals surface area contributed by atoms with Crippen LogP contribution in [0.2, 0.25) is 5.02 Å². The van der Waals surface area contributed by atoms with Crippen molar-refractivity contribution in [2.24, 2.45) is 0 Å². The van der Waals surface area contributed by atoms with Gasteiger partial charge in [-0.15, -0.1) is 0 Å². The van der Waals surface area contributed by atoms with Crippen molar-refractivity contribution in [3.63, 3.8) is 0 Å². The molecule has 1 heterocycles. The van der Waals surface area contributed by atoms with E-state index in [2.05, 4.69) is 10.3 Å². The average molecular weight is 375 g/mol. The SMILES string of the molecule is COc1c(Cl)cccc1NC(=O)CCc1ncc(-c2ccc(F)cc2)o1. The molecular weight excluding hydrogens is 359 g/mol. The predicted molar refractivity (Wildman–Crippen MR) is 96.9 cm³/mol. The van der Waals surface area contributed by atoms with Gasteiger partial charge in [0.25, 0.3) is 0 Å². The van der Waals surface area contributed by atoms with Crippen LogP contribution < -0.4 is 10.1 Å². The van der Waals surface area contributed by atoms with Gasteiger partial charge in [0, 0.05) is 18.4 Å². The number of anilines is 1. The molecule has 1 N–H and O–H groups in total. The number of nitrogens with zero attached hydrogens (tertiary/aromatic N) is 1. The molecule has 0 spiro atoms. The normalized spacial score (nSPS) is 10.6. The number of oxazole rings is 1. The Morgan fingerprint density at radius 3 is 2.77 bits per heavy atom. The number of nitrogens with one attached hydrogen (secondary N) is 1. The minimum atomic E-state index is -0.318. The lowest BCUT2D eigenvalue weighted by Gasteiger charge is -2.10. The first-order valence-electron chi connectivity index (χ1n) is 7.90. The number of ether oxygens (including phenoxy) is 1. The van der Waals surface area contributed by atoms with Gasteiger partial charge in [0.1, 0.15) is 5.82 Å². The van der Waals surface area contributed by atoms with Gasteiger partial charge in [-0.3, -0.25) is 4.79 Å². The Bertz CT molecular complexity index is 909. The summed E-state index contributed by atoms with van der Waals surface area (Å²) < 4.78 is 23.8. The number of benzene rings is 2. The number of carbonyl (C=O) groups excluding carboxylic acids is 1. The molecule has 7 heteroatoms. The maximum atomic E-state index is 13.0. The summed E-state index contributed by atoms with van der Waals surface area (Å²) in [6.07, 6.45) is 2.06. The van der Waals surface area contributed by atoms with Crippen molar-refractivity contribution in [3.05, 3.63) is 65.4 Å². The number of para-hydroxylation sites is 1. The van der Waals surface area contributed by atoms with Crippen LogP contribution in [0, 0.1) is 5.82 Å². The number of halogens is 2. The Morgan fingerprint density at radius 2 is 2.04 bits per heavy atom. The molecule has 134 valence electrons. The topological polar surface area (TPSA) is 64.4 Å². The molecule has 0 saturated heterocycles. The van der Waals surface area contributed by atoms with Gasteiger partial charge < -0.3 is 14.5 Å². The third kappa shape index (κ3) is 4.21. The second-order valence-electron chi connectivity index (χ2n) is 5.49. The Morgan fingerprint density at radius 1 is 1.27 bits per heavy atom. The number of hydrogen-bond donors (Lipinski definition) is 1. The molecule has 0 aliphatic carbocycles. The predicted octanol–water partition coefficient (Wildman–Crippen LogP) is 4.71. The van der Waals surface area contributed by atoms with Crippen molar-refractivity contribution >= 4 is 23.2 Å². The highest BCUT2D eigenvalue weighted by Gasteiger charge is 2.12. The van der Waals surface area contributed by atoms with Crippen LogP contribution in [0.15, 0.2) is 53.1 Å². The number of methoxy groups -OCH3 is 1. The maximum absolute atomic E-state index is 13.0. The molecule has 0 radical (unpaired) electrons. The van der Waals surface area contributed by atoms with Crippen LogP contribution in [0.3, 0.4) is 0 Å². The number of hydrogen-bond acceptors (Lipinski definition) is 4. The highest BCUT2D eigenvalue weighted by atomic mass is 35.5. The molecule has 26 heavy (non-hydrogen) atoms. The van der Waals surface area contributed by atoms with Gasteiger partial charge in [0.2, 0.25) is 5.91 Å². The summed E-state index contributed by atoms with van der Waals surface area (Å²) in [7, 11) is 1.49. The summed E-state index contributed by atoms with van der Waals surface area (Å²) >= 11 is 6.03. The number of rotatable bonds is 6. The first kappa shape index (κ1) is 17.9. The van der Waals surface area contributed by atoms with Gasteiger partial charge in [-0.1, -0.05) is 17.7 Å². The van der Waals surface area contributed by atoms with Crippen molar-refractivity contribution in [1.82, 2.24) is 4.98 Å². The average Bonchev–Trinajstić information content (AvgIpc) is 3.10. The van der Waals surface area contributed by atoms with Crippen molar-refractivity contribution in [1.29, 1.82) is 0 Å². The molecule has 1 amide bonds. The lowest BCUT2D eigenvalue weighted by Crippen LogP contribution is -2.13. The second kappa shape index (κ2) is 8.01. The molecule has 0 fully saturated rings. The summed E-state index contributed by atoms with van der Waals surface area (Å²) in [6.45, 7) is 0. The minimum Gasteiger partial charge on any atom is -0.493 e. The Kier molecular flexibility index (Phi) is 5.53. The molecule has 5 nitrogen and oxygen atoms in total. The minimum absolute atomic E-state index is 0.180. The Balaban J connectivity index is 1.60. The van der Waals surface area contributed by atoms with E-state index in [1.165, 1.54) is 19.2 Å². The number of aryl methyl sites for hydroxylation is 1. The fourth-order valence-corrected chi connectivity index (χ4v) is 2.67. The summed E-state index contributed by atoms with van der Waals surface area (Å²) in [6, 6.07) is 11.0. The van der Waals surface area contributed by atoms with Crippen molar-refractivity contribution < 1.29 is 18.3 Å². The quantitative estimate of drug-likeness (QED) is 0.678. The van der Waals surface area contributed by atoms with E-state index in [0.29, 0.717) is 34.5 Å². The fraction of sp³-hybridized carbons (Fsp3) is 0.158. The molecule has 0 unspecified atom stereocenters. The van der Waals surface area contributed by atoms with Gasteiger partial charge in [-0.25, -0.2) is 9.37 Å². The van der Waals surface area contributed by atoms with E-state index < -0.39 is 0 Å². The van der Waals surface area contributed by atoms with Crippen LogP contribution in [-0.4, -0.2) is 18.0 Å². The number of amides is 1. The Hall–Kier alpha value is -2.86. The highest BCUT2D eigenvalue weighted by molar-refractivity contribution is 6.32. The second-order valence-corrected chi connectivity index (χ2v) is 5.90. The number of carbonyl (C=O) groups is 1. The van der Waals surface area contributed by atoms with E-state index >= 15 is 0 Å². The summed E-state index contributed by atoms with van der Waals surface area (Å²) in [4.78, 5) is 16.3. The molecule has 3 aromatic rings. The molecule has 0 atom stereocenters. The zero-order valence-electron chi connectivity index (χ0n) is 14.0. The highest BCUT2D eigenvalue weighted by Crippen LogP contribution is 2.32. The molecule has 0 aliphatic heterocycles. The molecule has 2 aromatic carbocycles. The molecule has 1 aromatic heterocycles. The van der Waals surface area contributed by atoms with Gasteiger partial charge in [0.15, 0.2) is 17.4 Å². The van der Waals surface area contributed by atoms with Crippen molar-refractivity contribution in [2.45, 2.75) is 12.8 Å². The zero-order valence-corrected chi connectivity index (χ0v) is 14.7. The zero-order chi connectivity index (χ0) is 18.5. The maximum Gasteiger partial charge on any atom is 0.224 e.